The molecular formula is C16H21FN2O2. The van der Waals surface area contributed by atoms with Gasteiger partial charge >= 0.3 is 6.09 Å². The van der Waals surface area contributed by atoms with Gasteiger partial charge in [0.15, 0.2) is 0 Å². The second-order valence-corrected chi connectivity index (χ2v) is 5.79. The van der Waals surface area contributed by atoms with Gasteiger partial charge in [-0.2, -0.15) is 10.1 Å². The highest BCUT2D eigenvalue weighted by atomic mass is 19.1. The summed E-state index contributed by atoms with van der Waals surface area (Å²) in [6, 6.07) is 5.82. The fraction of sp³-hybridized carbons (Fsp3) is 0.375. The van der Waals surface area contributed by atoms with E-state index in [1.807, 2.05) is 0 Å². The molecule has 114 valence electrons. The van der Waals surface area contributed by atoms with Crippen LogP contribution in [0.15, 0.2) is 41.5 Å². The van der Waals surface area contributed by atoms with Crippen molar-refractivity contribution in [3.63, 3.8) is 0 Å². The molecule has 1 rings (SSSR count). The third-order valence-corrected chi connectivity index (χ3v) is 2.24. The molecule has 1 aromatic carbocycles. The molecule has 0 aromatic heterocycles. The molecule has 21 heavy (non-hydrogen) atoms. The summed E-state index contributed by atoms with van der Waals surface area (Å²) in [4.78, 5) is 12.1. The van der Waals surface area contributed by atoms with Crippen LogP contribution in [0.3, 0.4) is 0 Å². The van der Waals surface area contributed by atoms with E-state index in [0.29, 0.717) is 5.56 Å². The number of ether oxygens (including phenoxy) is 1. The minimum Gasteiger partial charge on any atom is -0.442 e. The van der Waals surface area contributed by atoms with Crippen molar-refractivity contribution in [2.75, 3.05) is 6.54 Å². The van der Waals surface area contributed by atoms with Gasteiger partial charge in [0.2, 0.25) is 0 Å². The molecule has 0 atom stereocenters. The Kier molecular flexibility index (Phi) is 5.64. The minimum atomic E-state index is -0.601. The molecule has 0 aliphatic heterocycles. The number of benzene rings is 1. The van der Waals surface area contributed by atoms with E-state index < -0.39 is 11.7 Å². The van der Waals surface area contributed by atoms with E-state index in [0.717, 1.165) is 5.57 Å². The van der Waals surface area contributed by atoms with Crippen molar-refractivity contribution in [2.45, 2.75) is 33.3 Å². The lowest BCUT2D eigenvalue weighted by molar-refractivity contribution is 0.0273. The average molecular weight is 292 g/mol. The molecule has 0 aliphatic carbocycles. The van der Waals surface area contributed by atoms with Crippen LogP contribution in [0, 0.1) is 5.82 Å². The van der Waals surface area contributed by atoms with Crippen LogP contribution in [-0.4, -0.2) is 29.5 Å². The molecule has 0 unspecified atom stereocenters. The van der Waals surface area contributed by atoms with Crippen LogP contribution in [0.25, 0.3) is 0 Å². The van der Waals surface area contributed by atoms with Gasteiger partial charge in [0.1, 0.15) is 11.4 Å². The van der Waals surface area contributed by atoms with Crippen molar-refractivity contribution in [2.24, 2.45) is 5.10 Å². The second-order valence-electron chi connectivity index (χ2n) is 5.79. The van der Waals surface area contributed by atoms with E-state index in [1.54, 1.807) is 39.8 Å². The molecule has 0 aliphatic rings. The van der Waals surface area contributed by atoms with Gasteiger partial charge < -0.3 is 4.74 Å². The third kappa shape index (κ3) is 6.70. The maximum Gasteiger partial charge on any atom is 0.431 e. The lowest BCUT2D eigenvalue weighted by atomic mass is 10.2. The van der Waals surface area contributed by atoms with Crippen LogP contribution >= 0.6 is 0 Å². The normalized spacial score (nSPS) is 11.5. The first-order valence-corrected chi connectivity index (χ1v) is 6.62. The predicted octanol–water partition coefficient (Wildman–Crippen LogP) is 3.97. The molecule has 5 heteroatoms. The monoisotopic (exact) mass is 292 g/mol. The van der Waals surface area contributed by atoms with Gasteiger partial charge in [-0.25, -0.2) is 9.18 Å². The summed E-state index contributed by atoms with van der Waals surface area (Å²) in [6.07, 6.45) is 0.926. The van der Waals surface area contributed by atoms with Crippen LogP contribution in [0.4, 0.5) is 9.18 Å². The topological polar surface area (TPSA) is 41.9 Å². The van der Waals surface area contributed by atoms with Crippen molar-refractivity contribution in [3.05, 3.63) is 47.8 Å². The van der Waals surface area contributed by atoms with E-state index in [2.05, 4.69) is 11.7 Å². The molecule has 0 spiro atoms. The zero-order chi connectivity index (χ0) is 16.0. The first kappa shape index (κ1) is 16.9. The molecule has 0 heterocycles. The van der Waals surface area contributed by atoms with Crippen LogP contribution in [0.5, 0.6) is 0 Å². The molecule has 0 saturated heterocycles. The average Bonchev–Trinajstić information content (AvgIpc) is 2.33. The Morgan fingerprint density at radius 1 is 1.38 bits per heavy atom. The quantitative estimate of drug-likeness (QED) is 0.478. The molecule has 0 radical (unpaired) electrons. The Bertz CT molecular complexity index is 530. The summed E-state index contributed by atoms with van der Waals surface area (Å²) in [5.41, 5.74) is 0.860. The summed E-state index contributed by atoms with van der Waals surface area (Å²) in [5, 5.41) is 5.29. The van der Waals surface area contributed by atoms with E-state index in [1.165, 1.54) is 23.4 Å². The standard InChI is InChI=1S/C16H21FN2O2/c1-12(2)11-19(15(20)21-16(3,4)5)18-10-13-6-8-14(17)9-7-13/h6-10H,1,11H2,2-5H3/b18-10+. The number of carbonyl (C=O) groups is 1. The van der Waals surface area contributed by atoms with Crippen LogP contribution in [-0.2, 0) is 4.74 Å². The van der Waals surface area contributed by atoms with Gasteiger partial charge in [0.25, 0.3) is 0 Å². The Morgan fingerprint density at radius 3 is 2.43 bits per heavy atom. The number of hydrazone groups is 1. The van der Waals surface area contributed by atoms with Gasteiger partial charge in [-0.15, -0.1) is 0 Å². The summed E-state index contributed by atoms with van der Waals surface area (Å²) < 4.78 is 18.1. The summed E-state index contributed by atoms with van der Waals surface area (Å²) in [5.74, 6) is -0.321. The van der Waals surface area contributed by atoms with Crippen molar-refractivity contribution in [1.82, 2.24) is 5.01 Å². The van der Waals surface area contributed by atoms with Gasteiger partial charge in [0.05, 0.1) is 12.8 Å². The van der Waals surface area contributed by atoms with E-state index >= 15 is 0 Å². The minimum absolute atomic E-state index is 0.257. The van der Waals surface area contributed by atoms with Crippen molar-refractivity contribution < 1.29 is 13.9 Å². The Balaban J connectivity index is 2.84. The first-order chi connectivity index (χ1) is 9.67. The molecule has 0 bridgehead atoms. The van der Waals surface area contributed by atoms with E-state index in [4.69, 9.17) is 4.74 Å². The maximum absolute atomic E-state index is 12.8. The molecule has 0 N–H and O–H groups in total. The van der Waals surface area contributed by atoms with E-state index in [9.17, 15) is 9.18 Å². The Morgan fingerprint density at radius 2 is 1.95 bits per heavy atom. The highest BCUT2D eigenvalue weighted by molar-refractivity contribution is 5.80. The highest BCUT2D eigenvalue weighted by Gasteiger charge is 2.21. The number of hydrogen-bond acceptors (Lipinski definition) is 3. The van der Waals surface area contributed by atoms with Crippen LogP contribution in [0.1, 0.15) is 33.3 Å². The van der Waals surface area contributed by atoms with E-state index in [-0.39, 0.29) is 12.4 Å². The predicted molar refractivity (Wildman–Crippen MR) is 81.7 cm³/mol. The molecule has 1 amide bonds. The zero-order valence-electron chi connectivity index (χ0n) is 12.9. The molecular weight excluding hydrogens is 271 g/mol. The summed E-state index contributed by atoms with van der Waals surface area (Å²) >= 11 is 0. The van der Waals surface area contributed by atoms with Crippen LogP contribution in [0.2, 0.25) is 0 Å². The van der Waals surface area contributed by atoms with Gasteiger partial charge in [0, 0.05) is 0 Å². The highest BCUT2D eigenvalue weighted by Crippen LogP contribution is 2.11. The second kappa shape index (κ2) is 7.02. The zero-order valence-corrected chi connectivity index (χ0v) is 12.9. The SMILES string of the molecule is C=C(C)CN(/N=C/c1ccc(F)cc1)C(=O)OC(C)(C)C. The van der Waals surface area contributed by atoms with Crippen LogP contribution < -0.4 is 0 Å². The number of nitrogens with zero attached hydrogens (tertiary/aromatic N) is 2. The van der Waals surface area contributed by atoms with Gasteiger partial charge in [-0.05, 0) is 45.4 Å². The smallest absolute Gasteiger partial charge is 0.431 e. The molecule has 0 saturated carbocycles. The van der Waals surface area contributed by atoms with Crippen molar-refractivity contribution in [3.8, 4) is 0 Å². The maximum atomic E-state index is 12.8. The fourth-order valence-electron chi connectivity index (χ4n) is 1.41. The number of rotatable bonds is 4. The van der Waals surface area contributed by atoms with Gasteiger partial charge in [-0.3, -0.25) is 0 Å². The lowest BCUT2D eigenvalue weighted by Gasteiger charge is -2.24. The van der Waals surface area contributed by atoms with Crippen molar-refractivity contribution in [1.29, 1.82) is 0 Å². The number of carbonyl (C=O) groups excluding carboxylic acids is 1. The largest absolute Gasteiger partial charge is 0.442 e. The third-order valence-electron chi connectivity index (χ3n) is 2.24. The number of halogens is 1. The summed E-state index contributed by atoms with van der Waals surface area (Å²) in [6.45, 7) is 11.2. The Hall–Kier alpha value is -2.17. The summed E-state index contributed by atoms with van der Waals surface area (Å²) in [7, 11) is 0. The molecule has 4 nitrogen and oxygen atoms in total. The van der Waals surface area contributed by atoms with Crippen molar-refractivity contribution >= 4 is 12.3 Å². The number of amides is 1. The molecule has 0 fully saturated rings. The number of hydrogen-bond donors (Lipinski definition) is 0. The van der Waals surface area contributed by atoms with Gasteiger partial charge in [-0.1, -0.05) is 24.3 Å². The Labute approximate surface area is 124 Å². The fourth-order valence-corrected chi connectivity index (χ4v) is 1.41. The first-order valence-electron chi connectivity index (χ1n) is 6.62. The lowest BCUT2D eigenvalue weighted by Crippen LogP contribution is -2.34. The molecule has 1 aromatic rings.